The second kappa shape index (κ2) is 12.5. The molecule has 0 atom stereocenters. The molecule has 0 aliphatic rings. The van der Waals surface area contributed by atoms with E-state index in [4.69, 9.17) is 21.7 Å². The molecule has 1 aromatic heterocycles. The number of para-hydroxylation sites is 1. The molecule has 0 fully saturated rings. The molecular formula is C28H28N6O2S. The van der Waals surface area contributed by atoms with Crippen LogP contribution in [0, 0.1) is 13.8 Å². The molecule has 9 heteroatoms. The summed E-state index contributed by atoms with van der Waals surface area (Å²) in [7, 11) is 1.64. The number of aromatic nitrogens is 2. The molecule has 3 N–H and O–H groups in total. The van der Waals surface area contributed by atoms with Gasteiger partial charge in [-0.25, -0.2) is 15.0 Å². The molecule has 0 unspecified atom stereocenters. The van der Waals surface area contributed by atoms with Gasteiger partial charge in [0.15, 0.2) is 5.11 Å². The number of anilines is 2. The Labute approximate surface area is 221 Å². The van der Waals surface area contributed by atoms with E-state index in [-0.39, 0.29) is 0 Å². The Kier molecular flexibility index (Phi) is 8.62. The first-order valence-electron chi connectivity index (χ1n) is 11.6. The van der Waals surface area contributed by atoms with Gasteiger partial charge in [0.05, 0.1) is 13.7 Å². The van der Waals surface area contributed by atoms with Crippen molar-refractivity contribution in [3.8, 4) is 17.2 Å². The standard InChI is InChI=1S/C28H28N6O2S/c1-19-17-20(2)31-27(30-19)33-26(29-18-21-9-13-23(35-3)14-10-21)34-28(37)32-22-11-15-25(16-12-22)36-24-7-5-4-6-8-24/h4-17H,18H2,1-3H3,(H3,29,30,31,32,33,34,37). The van der Waals surface area contributed by atoms with Crippen molar-refractivity contribution in [2.45, 2.75) is 20.4 Å². The SMILES string of the molecule is COc1ccc(CN=C(NC(=S)Nc2ccc(Oc3ccccc3)cc2)Nc2nc(C)cc(C)n2)cc1. The molecule has 37 heavy (non-hydrogen) atoms. The smallest absolute Gasteiger partial charge is 0.229 e. The fourth-order valence-corrected chi connectivity index (χ4v) is 3.61. The molecule has 1 heterocycles. The van der Waals surface area contributed by atoms with Gasteiger partial charge >= 0.3 is 0 Å². The van der Waals surface area contributed by atoms with Crippen LogP contribution < -0.4 is 25.4 Å². The van der Waals surface area contributed by atoms with Crippen molar-refractivity contribution in [1.29, 1.82) is 0 Å². The average molecular weight is 513 g/mol. The first kappa shape index (κ1) is 25.6. The molecule has 0 aliphatic heterocycles. The second-order valence-electron chi connectivity index (χ2n) is 8.13. The van der Waals surface area contributed by atoms with Crippen molar-refractivity contribution >= 4 is 34.9 Å². The minimum Gasteiger partial charge on any atom is -0.497 e. The Morgan fingerprint density at radius 3 is 2.08 bits per heavy atom. The lowest BCUT2D eigenvalue weighted by Crippen LogP contribution is -2.39. The maximum absolute atomic E-state index is 5.85. The van der Waals surface area contributed by atoms with E-state index in [1.807, 2.05) is 98.8 Å². The van der Waals surface area contributed by atoms with Crippen molar-refractivity contribution < 1.29 is 9.47 Å². The van der Waals surface area contributed by atoms with Gasteiger partial charge in [0.2, 0.25) is 11.9 Å². The lowest BCUT2D eigenvalue weighted by molar-refractivity contribution is 0.414. The number of benzene rings is 3. The number of nitrogens with one attached hydrogen (secondary N) is 3. The van der Waals surface area contributed by atoms with Crippen molar-refractivity contribution in [2.24, 2.45) is 4.99 Å². The number of aliphatic imine (C=N–C) groups is 1. The van der Waals surface area contributed by atoms with Crippen molar-refractivity contribution in [1.82, 2.24) is 15.3 Å². The average Bonchev–Trinajstić information content (AvgIpc) is 2.89. The highest BCUT2D eigenvalue weighted by atomic mass is 32.1. The van der Waals surface area contributed by atoms with E-state index in [9.17, 15) is 0 Å². The maximum atomic E-state index is 5.85. The maximum Gasteiger partial charge on any atom is 0.229 e. The number of methoxy groups -OCH3 is 1. The van der Waals surface area contributed by atoms with Gasteiger partial charge in [0.25, 0.3) is 0 Å². The summed E-state index contributed by atoms with van der Waals surface area (Å²) >= 11 is 5.55. The van der Waals surface area contributed by atoms with E-state index < -0.39 is 0 Å². The Bertz CT molecular complexity index is 1340. The van der Waals surface area contributed by atoms with Gasteiger partial charge in [0, 0.05) is 17.1 Å². The highest BCUT2D eigenvalue weighted by Gasteiger charge is 2.08. The summed E-state index contributed by atoms with van der Waals surface area (Å²) in [5, 5.41) is 9.81. The molecule has 4 aromatic rings. The van der Waals surface area contributed by atoms with E-state index in [2.05, 4.69) is 30.9 Å². The number of hydrogen-bond donors (Lipinski definition) is 3. The van der Waals surface area contributed by atoms with Gasteiger partial charge in [-0.1, -0.05) is 30.3 Å². The zero-order valence-electron chi connectivity index (χ0n) is 20.9. The van der Waals surface area contributed by atoms with Crippen LogP contribution in [0.4, 0.5) is 11.6 Å². The van der Waals surface area contributed by atoms with Crippen molar-refractivity contribution in [3.63, 3.8) is 0 Å². The fraction of sp³-hybridized carbons (Fsp3) is 0.143. The van der Waals surface area contributed by atoms with Crippen LogP contribution in [0.1, 0.15) is 17.0 Å². The van der Waals surface area contributed by atoms with Crippen LogP contribution >= 0.6 is 12.2 Å². The van der Waals surface area contributed by atoms with Crippen LogP contribution in [-0.4, -0.2) is 28.1 Å². The third-order valence-electron chi connectivity index (χ3n) is 5.11. The van der Waals surface area contributed by atoms with E-state index >= 15 is 0 Å². The van der Waals surface area contributed by atoms with E-state index in [1.165, 1.54) is 0 Å². The molecule has 8 nitrogen and oxygen atoms in total. The molecule has 188 valence electrons. The quantitative estimate of drug-likeness (QED) is 0.161. The minimum atomic E-state index is 0.363. The molecule has 0 saturated heterocycles. The third kappa shape index (κ3) is 8.01. The van der Waals surface area contributed by atoms with Crippen LogP contribution in [-0.2, 0) is 6.54 Å². The fourth-order valence-electron chi connectivity index (χ4n) is 3.40. The summed E-state index contributed by atoms with van der Waals surface area (Å²) < 4.78 is 11.1. The predicted octanol–water partition coefficient (Wildman–Crippen LogP) is 5.85. The summed E-state index contributed by atoms with van der Waals surface area (Å²) in [5.74, 6) is 3.15. The van der Waals surface area contributed by atoms with Crippen LogP contribution in [0.15, 0.2) is 89.9 Å². The van der Waals surface area contributed by atoms with E-state index in [0.717, 1.165) is 39.9 Å². The molecule has 0 saturated carbocycles. The molecule has 0 bridgehead atoms. The normalized spacial score (nSPS) is 10.9. The highest BCUT2D eigenvalue weighted by molar-refractivity contribution is 7.80. The highest BCUT2D eigenvalue weighted by Crippen LogP contribution is 2.22. The summed E-state index contributed by atoms with van der Waals surface area (Å²) in [5.41, 5.74) is 3.51. The van der Waals surface area contributed by atoms with Gasteiger partial charge < -0.3 is 20.1 Å². The molecule has 0 aliphatic carbocycles. The zero-order chi connectivity index (χ0) is 26.0. The Morgan fingerprint density at radius 2 is 1.43 bits per heavy atom. The van der Waals surface area contributed by atoms with Gasteiger partial charge in [0.1, 0.15) is 17.2 Å². The number of thiocarbonyl (C=S) groups is 1. The number of guanidine groups is 1. The first-order chi connectivity index (χ1) is 18.0. The summed E-state index contributed by atoms with van der Waals surface area (Å²) in [6.07, 6.45) is 0. The lowest BCUT2D eigenvalue weighted by atomic mass is 10.2. The Hall–Kier alpha value is -4.50. The molecular weight excluding hydrogens is 484 g/mol. The number of ether oxygens (including phenoxy) is 2. The van der Waals surface area contributed by atoms with Crippen molar-refractivity contribution in [2.75, 3.05) is 17.7 Å². The molecule has 0 spiro atoms. The number of hydrogen-bond acceptors (Lipinski definition) is 6. The largest absolute Gasteiger partial charge is 0.497 e. The lowest BCUT2D eigenvalue weighted by Gasteiger charge is -2.15. The van der Waals surface area contributed by atoms with Crippen molar-refractivity contribution in [3.05, 3.63) is 102 Å². The predicted molar refractivity (Wildman–Crippen MR) is 152 cm³/mol. The first-order valence-corrected chi connectivity index (χ1v) is 12.1. The van der Waals surface area contributed by atoms with Crippen LogP contribution in [0.2, 0.25) is 0 Å². The van der Waals surface area contributed by atoms with Crippen LogP contribution in [0.3, 0.4) is 0 Å². The van der Waals surface area contributed by atoms with Gasteiger partial charge in [-0.15, -0.1) is 0 Å². The van der Waals surface area contributed by atoms with Gasteiger partial charge in [-0.05, 0) is 86.2 Å². The Morgan fingerprint density at radius 1 is 0.811 bits per heavy atom. The van der Waals surface area contributed by atoms with Gasteiger partial charge in [-0.2, -0.15) is 0 Å². The number of aryl methyl sites for hydroxylation is 2. The van der Waals surface area contributed by atoms with E-state index in [0.29, 0.717) is 23.6 Å². The topological polar surface area (TPSA) is 92.7 Å². The van der Waals surface area contributed by atoms with Crippen LogP contribution in [0.5, 0.6) is 17.2 Å². The monoisotopic (exact) mass is 512 g/mol. The number of rotatable bonds is 7. The molecule has 0 radical (unpaired) electrons. The third-order valence-corrected chi connectivity index (χ3v) is 5.32. The molecule has 0 amide bonds. The summed E-state index contributed by atoms with van der Waals surface area (Å²) in [4.78, 5) is 13.6. The summed E-state index contributed by atoms with van der Waals surface area (Å²) in [6, 6.07) is 26.8. The van der Waals surface area contributed by atoms with Crippen LogP contribution in [0.25, 0.3) is 0 Å². The van der Waals surface area contributed by atoms with E-state index in [1.54, 1.807) is 7.11 Å². The molecule has 3 aromatic carbocycles. The molecule has 4 rings (SSSR count). The summed E-state index contributed by atoms with van der Waals surface area (Å²) in [6.45, 7) is 4.25. The van der Waals surface area contributed by atoms with Gasteiger partial charge in [-0.3, -0.25) is 5.32 Å². The zero-order valence-corrected chi connectivity index (χ0v) is 21.7. The Balaban J connectivity index is 1.44. The minimum absolute atomic E-state index is 0.363. The second-order valence-corrected chi connectivity index (χ2v) is 8.54. The number of nitrogens with zero attached hydrogens (tertiary/aromatic N) is 3.